The average molecular weight is 153 g/mol. The minimum Gasteiger partial charge on any atom is -0.335 e. The second-order valence-corrected chi connectivity index (χ2v) is 2.62. The molecule has 11 heavy (non-hydrogen) atoms. The predicted molar refractivity (Wildman–Crippen MR) is 45.3 cm³/mol. The summed E-state index contributed by atoms with van der Waals surface area (Å²) in [5, 5.41) is 0. The Morgan fingerprint density at radius 2 is 2.45 bits per heavy atom. The SMILES string of the molecule is CCCn1cncc1CCN. The molecule has 3 heteroatoms. The van der Waals surface area contributed by atoms with Gasteiger partial charge in [0.05, 0.1) is 6.33 Å². The van der Waals surface area contributed by atoms with Gasteiger partial charge in [0.25, 0.3) is 0 Å². The Labute approximate surface area is 67.2 Å². The fourth-order valence-electron chi connectivity index (χ4n) is 1.15. The highest BCUT2D eigenvalue weighted by atomic mass is 15.0. The first-order valence-corrected chi connectivity index (χ1v) is 4.07. The van der Waals surface area contributed by atoms with E-state index in [4.69, 9.17) is 5.73 Å². The highest BCUT2D eigenvalue weighted by Gasteiger charge is 1.97. The summed E-state index contributed by atoms with van der Waals surface area (Å²) in [6, 6.07) is 0. The third-order valence-electron chi connectivity index (χ3n) is 1.66. The number of imidazole rings is 1. The zero-order chi connectivity index (χ0) is 8.10. The number of hydrogen-bond acceptors (Lipinski definition) is 2. The lowest BCUT2D eigenvalue weighted by molar-refractivity contribution is 0.644. The van der Waals surface area contributed by atoms with Crippen LogP contribution in [0.15, 0.2) is 12.5 Å². The van der Waals surface area contributed by atoms with Gasteiger partial charge in [-0.25, -0.2) is 4.98 Å². The molecule has 1 heterocycles. The molecule has 0 aliphatic carbocycles. The lowest BCUT2D eigenvalue weighted by atomic mass is 10.3. The maximum atomic E-state index is 5.44. The largest absolute Gasteiger partial charge is 0.335 e. The van der Waals surface area contributed by atoms with Crippen molar-refractivity contribution in [1.29, 1.82) is 0 Å². The molecule has 1 aromatic rings. The van der Waals surface area contributed by atoms with E-state index in [1.54, 1.807) is 0 Å². The van der Waals surface area contributed by atoms with Crippen molar-refractivity contribution in [2.45, 2.75) is 26.3 Å². The van der Waals surface area contributed by atoms with E-state index >= 15 is 0 Å². The van der Waals surface area contributed by atoms with Gasteiger partial charge in [-0.3, -0.25) is 0 Å². The normalized spacial score (nSPS) is 10.4. The lowest BCUT2D eigenvalue weighted by Crippen LogP contribution is -2.08. The highest BCUT2D eigenvalue weighted by Crippen LogP contribution is 2.00. The molecule has 0 aliphatic heterocycles. The fourth-order valence-corrected chi connectivity index (χ4v) is 1.15. The zero-order valence-electron chi connectivity index (χ0n) is 6.95. The maximum Gasteiger partial charge on any atom is 0.0948 e. The van der Waals surface area contributed by atoms with E-state index in [9.17, 15) is 0 Å². The number of rotatable bonds is 4. The van der Waals surface area contributed by atoms with Crippen LogP contribution in [0.5, 0.6) is 0 Å². The van der Waals surface area contributed by atoms with E-state index in [1.165, 1.54) is 5.69 Å². The third kappa shape index (κ3) is 2.05. The molecule has 0 aromatic carbocycles. The Morgan fingerprint density at radius 3 is 3.09 bits per heavy atom. The van der Waals surface area contributed by atoms with Gasteiger partial charge in [-0.15, -0.1) is 0 Å². The van der Waals surface area contributed by atoms with Crippen molar-refractivity contribution >= 4 is 0 Å². The number of nitrogens with zero attached hydrogens (tertiary/aromatic N) is 2. The molecule has 0 saturated heterocycles. The molecule has 0 spiro atoms. The molecule has 62 valence electrons. The van der Waals surface area contributed by atoms with Crippen molar-refractivity contribution in [2.24, 2.45) is 5.73 Å². The Morgan fingerprint density at radius 1 is 1.64 bits per heavy atom. The van der Waals surface area contributed by atoms with E-state index in [1.807, 2.05) is 12.5 Å². The number of aryl methyl sites for hydroxylation is 1. The van der Waals surface area contributed by atoms with Crippen LogP contribution in [0.4, 0.5) is 0 Å². The van der Waals surface area contributed by atoms with Crippen LogP contribution in [0, 0.1) is 0 Å². The van der Waals surface area contributed by atoms with Gasteiger partial charge >= 0.3 is 0 Å². The number of nitrogens with two attached hydrogens (primary N) is 1. The predicted octanol–water partition coefficient (Wildman–Crippen LogP) is 0.794. The fraction of sp³-hybridized carbons (Fsp3) is 0.625. The molecule has 0 saturated carbocycles. The van der Waals surface area contributed by atoms with Crippen LogP contribution in [-0.2, 0) is 13.0 Å². The van der Waals surface area contributed by atoms with Gasteiger partial charge in [-0.1, -0.05) is 6.92 Å². The Balaban J connectivity index is 2.62. The summed E-state index contributed by atoms with van der Waals surface area (Å²) in [6.07, 6.45) is 5.84. The summed E-state index contributed by atoms with van der Waals surface area (Å²) in [5.74, 6) is 0. The van der Waals surface area contributed by atoms with Crippen LogP contribution in [0.3, 0.4) is 0 Å². The van der Waals surface area contributed by atoms with Crippen molar-refractivity contribution in [1.82, 2.24) is 9.55 Å². The second kappa shape index (κ2) is 4.13. The quantitative estimate of drug-likeness (QED) is 0.695. The Kier molecular flexibility index (Phi) is 3.11. The van der Waals surface area contributed by atoms with Crippen molar-refractivity contribution in [3.8, 4) is 0 Å². The minimum atomic E-state index is 0.704. The van der Waals surface area contributed by atoms with Gasteiger partial charge in [0.15, 0.2) is 0 Å². The molecule has 3 nitrogen and oxygen atoms in total. The Hall–Kier alpha value is -0.830. The topological polar surface area (TPSA) is 43.8 Å². The molecule has 0 amide bonds. The van der Waals surface area contributed by atoms with Gasteiger partial charge in [0.2, 0.25) is 0 Å². The van der Waals surface area contributed by atoms with Crippen LogP contribution >= 0.6 is 0 Å². The van der Waals surface area contributed by atoms with Crippen LogP contribution in [-0.4, -0.2) is 16.1 Å². The molecule has 2 N–H and O–H groups in total. The van der Waals surface area contributed by atoms with Gasteiger partial charge in [-0.05, 0) is 13.0 Å². The first kappa shape index (κ1) is 8.27. The van der Waals surface area contributed by atoms with Gasteiger partial charge in [-0.2, -0.15) is 0 Å². The molecule has 1 aromatic heterocycles. The summed E-state index contributed by atoms with van der Waals surface area (Å²) in [4.78, 5) is 4.07. The van der Waals surface area contributed by atoms with E-state index in [2.05, 4.69) is 16.5 Å². The molecule has 0 bridgehead atoms. The van der Waals surface area contributed by atoms with Crippen LogP contribution < -0.4 is 5.73 Å². The van der Waals surface area contributed by atoms with Gasteiger partial charge in [0, 0.05) is 24.9 Å². The zero-order valence-corrected chi connectivity index (χ0v) is 6.95. The van der Waals surface area contributed by atoms with Crippen LogP contribution in [0.2, 0.25) is 0 Å². The summed E-state index contributed by atoms with van der Waals surface area (Å²) in [7, 11) is 0. The van der Waals surface area contributed by atoms with E-state index < -0.39 is 0 Å². The van der Waals surface area contributed by atoms with Crippen LogP contribution in [0.1, 0.15) is 19.0 Å². The van der Waals surface area contributed by atoms with E-state index in [-0.39, 0.29) is 0 Å². The molecule has 0 atom stereocenters. The maximum absolute atomic E-state index is 5.44. The smallest absolute Gasteiger partial charge is 0.0948 e. The van der Waals surface area contributed by atoms with Crippen molar-refractivity contribution in [2.75, 3.05) is 6.54 Å². The van der Waals surface area contributed by atoms with Gasteiger partial charge in [0.1, 0.15) is 0 Å². The minimum absolute atomic E-state index is 0.704. The standard InChI is InChI=1S/C8H15N3/c1-2-5-11-7-10-6-8(11)3-4-9/h6-7H,2-5,9H2,1H3. The first-order chi connectivity index (χ1) is 5.38. The van der Waals surface area contributed by atoms with E-state index in [0.717, 1.165) is 19.4 Å². The number of aromatic nitrogens is 2. The van der Waals surface area contributed by atoms with Crippen LogP contribution in [0.25, 0.3) is 0 Å². The molecule has 0 fully saturated rings. The van der Waals surface area contributed by atoms with Crippen molar-refractivity contribution in [3.05, 3.63) is 18.2 Å². The number of hydrogen-bond donors (Lipinski definition) is 1. The third-order valence-corrected chi connectivity index (χ3v) is 1.66. The second-order valence-electron chi connectivity index (χ2n) is 2.62. The molecule has 1 rings (SSSR count). The monoisotopic (exact) mass is 153 g/mol. The molecule has 0 radical (unpaired) electrons. The lowest BCUT2D eigenvalue weighted by Gasteiger charge is -2.03. The summed E-state index contributed by atoms with van der Waals surface area (Å²) >= 11 is 0. The first-order valence-electron chi connectivity index (χ1n) is 4.07. The van der Waals surface area contributed by atoms with Crippen molar-refractivity contribution < 1.29 is 0 Å². The summed E-state index contributed by atoms with van der Waals surface area (Å²) in [6.45, 7) is 3.91. The van der Waals surface area contributed by atoms with E-state index in [0.29, 0.717) is 6.54 Å². The molecular formula is C8H15N3. The Bertz CT molecular complexity index is 184. The summed E-state index contributed by atoms with van der Waals surface area (Å²) < 4.78 is 2.16. The van der Waals surface area contributed by atoms with Crippen molar-refractivity contribution in [3.63, 3.8) is 0 Å². The average Bonchev–Trinajstić information content (AvgIpc) is 2.39. The molecule has 0 aliphatic rings. The summed E-state index contributed by atoms with van der Waals surface area (Å²) in [5.41, 5.74) is 6.69. The molecule has 0 unspecified atom stereocenters. The molecular weight excluding hydrogens is 138 g/mol. The highest BCUT2D eigenvalue weighted by molar-refractivity contribution is 4.98. The van der Waals surface area contributed by atoms with Gasteiger partial charge < -0.3 is 10.3 Å².